The fraction of sp³-hybridized carbons (Fsp3) is 0.261. The zero-order valence-corrected chi connectivity index (χ0v) is 17.9. The standard InChI is InChI=1S/C23H25N3O5/c1-15-12-19(25-26(15)17-8-6-5-7-9-17)23(28)24-18(14-22(27)31-4)16-10-11-20(29-2)21(13-16)30-3/h5-13,18H,14H2,1-4H3,(H,24,28). The maximum absolute atomic E-state index is 13.0. The van der Waals surface area contributed by atoms with Crippen LogP contribution >= 0.6 is 0 Å². The van der Waals surface area contributed by atoms with Crippen LogP contribution in [0.2, 0.25) is 0 Å². The zero-order chi connectivity index (χ0) is 22.4. The summed E-state index contributed by atoms with van der Waals surface area (Å²) in [6.07, 6.45) is -0.0455. The molecule has 1 unspecified atom stereocenters. The minimum Gasteiger partial charge on any atom is -0.493 e. The van der Waals surface area contributed by atoms with E-state index in [4.69, 9.17) is 14.2 Å². The van der Waals surface area contributed by atoms with E-state index < -0.39 is 17.9 Å². The van der Waals surface area contributed by atoms with Crippen LogP contribution in [0.15, 0.2) is 54.6 Å². The molecular formula is C23H25N3O5. The summed E-state index contributed by atoms with van der Waals surface area (Å²) < 4.78 is 17.1. The molecule has 1 heterocycles. The summed E-state index contributed by atoms with van der Waals surface area (Å²) in [4.78, 5) is 25.0. The lowest BCUT2D eigenvalue weighted by Crippen LogP contribution is -2.31. The highest BCUT2D eigenvalue weighted by molar-refractivity contribution is 5.93. The summed E-state index contributed by atoms with van der Waals surface area (Å²) >= 11 is 0. The Balaban J connectivity index is 1.88. The van der Waals surface area contributed by atoms with Crippen LogP contribution in [0, 0.1) is 6.92 Å². The van der Waals surface area contributed by atoms with Gasteiger partial charge in [-0.05, 0) is 42.8 Å². The minimum atomic E-state index is -0.637. The van der Waals surface area contributed by atoms with Gasteiger partial charge in [-0.3, -0.25) is 9.59 Å². The molecule has 0 fully saturated rings. The van der Waals surface area contributed by atoms with E-state index in [1.165, 1.54) is 21.3 Å². The Bertz CT molecular complexity index is 1060. The molecule has 31 heavy (non-hydrogen) atoms. The smallest absolute Gasteiger partial charge is 0.307 e. The van der Waals surface area contributed by atoms with Gasteiger partial charge in [0.2, 0.25) is 0 Å². The Hall–Kier alpha value is -3.81. The Labute approximate surface area is 180 Å². The van der Waals surface area contributed by atoms with Crippen LogP contribution in [0.3, 0.4) is 0 Å². The van der Waals surface area contributed by atoms with E-state index >= 15 is 0 Å². The Morgan fingerprint density at radius 1 is 1.00 bits per heavy atom. The molecule has 2 aromatic carbocycles. The van der Waals surface area contributed by atoms with E-state index in [2.05, 4.69) is 10.4 Å². The third-order valence-corrected chi connectivity index (χ3v) is 4.83. The predicted molar refractivity (Wildman–Crippen MR) is 115 cm³/mol. The molecule has 0 aliphatic carbocycles. The lowest BCUT2D eigenvalue weighted by molar-refractivity contribution is -0.141. The molecule has 0 saturated carbocycles. The molecule has 8 heteroatoms. The highest BCUT2D eigenvalue weighted by Crippen LogP contribution is 2.31. The highest BCUT2D eigenvalue weighted by atomic mass is 16.5. The number of carbonyl (C=O) groups is 2. The van der Waals surface area contributed by atoms with Gasteiger partial charge in [0.15, 0.2) is 17.2 Å². The minimum absolute atomic E-state index is 0.0455. The maximum atomic E-state index is 13.0. The van der Waals surface area contributed by atoms with Crippen LogP contribution in [0.25, 0.3) is 5.69 Å². The van der Waals surface area contributed by atoms with Crippen LogP contribution in [0.4, 0.5) is 0 Å². The number of hydrogen-bond acceptors (Lipinski definition) is 6. The Morgan fingerprint density at radius 3 is 2.35 bits per heavy atom. The number of aromatic nitrogens is 2. The van der Waals surface area contributed by atoms with Crippen molar-refractivity contribution in [2.45, 2.75) is 19.4 Å². The number of benzene rings is 2. The molecule has 0 spiro atoms. The van der Waals surface area contributed by atoms with Crippen molar-refractivity contribution < 1.29 is 23.8 Å². The summed E-state index contributed by atoms with van der Waals surface area (Å²) in [5.41, 5.74) is 2.59. The van der Waals surface area contributed by atoms with Gasteiger partial charge in [-0.25, -0.2) is 4.68 Å². The largest absolute Gasteiger partial charge is 0.493 e. The second kappa shape index (κ2) is 9.80. The molecule has 0 saturated heterocycles. The van der Waals surface area contributed by atoms with E-state index in [1.54, 1.807) is 28.9 Å². The third kappa shape index (κ3) is 5.03. The van der Waals surface area contributed by atoms with Gasteiger partial charge in [0, 0.05) is 5.69 Å². The molecule has 0 radical (unpaired) electrons. The number of ether oxygens (including phenoxy) is 3. The Kier molecular flexibility index (Phi) is 6.92. The number of nitrogens with one attached hydrogen (secondary N) is 1. The second-order valence-corrected chi connectivity index (χ2v) is 6.84. The molecule has 0 aliphatic rings. The first-order valence-corrected chi connectivity index (χ1v) is 9.68. The van der Waals surface area contributed by atoms with E-state index in [9.17, 15) is 9.59 Å². The zero-order valence-electron chi connectivity index (χ0n) is 17.9. The van der Waals surface area contributed by atoms with Crippen molar-refractivity contribution in [1.29, 1.82) is 0 Å². The number of para-hydroxylation sites is 1. The molecule has 0 aliphatic heterocycles. The molecular weight excluding hydrogens is 398 g/mol. The number of rotatable bonds is 8. The summed E-state index contributed by atoms with van der Waals surface area (Å²) in [5.74, 6) is 0.187. The first-order chi connectivity index (χ1) is 15.0. The fourth-order valence-corrected chi connectivity index (χ4v) is 3.22. The topological polar surface area (TPSA) is 91.7 Å². The molecule has 1 atom stereocenters. The van der Waals surface area contributed by atoms with Crippen molar-refractivity contribution in [2.75, 3.05) is 21.3 Å². The van der Waals surface area contributed by atoms with Crippen LogP contribution in [-0.4, -0.2) is 43.0 Å². The maximum Gasteiger partial charge on any atom is 0.307 e. The van der Waals surface area contributed by atoms with Crippen LogP contribution in [-0.2, 0) is 9.53 Å². The lowest BCUT2D eigenvalue weighted by atomic mass is 10.0. The molecule has 162 valence electrons. The van der Waals surface area contributed by atoms with Crippen LogP contribution < -0.4 is 14.8 Å². The lowest BCUT2D eigenvalue weighted by Gasteiger charge is -2.19. The van der Waals surface area contributed by atoms with Crippen molar-refractivity contribution >= 4 is 11.9 Å². The average Bonchev–Trinajstić information content (AvgIpc) is 3.20. The number of carbonyl (C=O) groups excluding carboxylic acids is 2. The normalized spacial score (nSPS) is 11.5. The molecule has 0 bridgehead atoms. The summed E-state index contributed by atoms with van der Waals surface area (Å²) in [6.45, 7) is 1.87. The number of hydrogen-bond donors (Lipinski definition) is 1. The number of methoxy groups -OCH3 is 3. The molecule has 1 N–H and O–H groups in total. The van der Waals surface area contributed by atoms with Gasteiger partial charge in [-0.1, -0.05) is 24.3 Å². The van der Waals surface area contributed by atoms with Crippen molar-refractivity contribution in [3.8, 4) is 17.2 Å². The van der Waals surface area contributed by atoms with E-state index in [0.29, 0.717) is 17.1 Å². The van der Waals surface area contributed by atoms with Crippen molar-refractivity contribution in [3.63, 3.8) is 0 Å². The quantitative estimate of drug-likeness (QED) is 0.560. The predicted octanol–water partition coefficient (Wildman–Crippen LogP) is 3.23. The second-order valence-electron chi connectivity index (χ2n) is 6.84. The SMILES string of the molecule is COC(=O)CC(NC(=O)c1cc(C)n(-c2ccccc2)n1)c1ccc(OC)c(OC)c1. The summed E-state index contributed by atoms with van der Waals surface area (Å²) in [6, 6.07) is 15.8. The highest BCUT2D eigenvalue weighted by Gasteiger charge is 2.23. The fourth-order valence-electron chi connectivity index (χ4n) is 3.22. The first kappa shape index (κ1) is 21.9. The third-order valence-electron chi connectivity index (χ3n) is 4.83. The number of amides is 1. The molecule has 3 rings (SSSR count). The number of aryl methyl sites for hydroxylation is 1. The molecule has 1 amide bonds. The molecule has 8 nitrogen and oxygen atoms in total. The van der Waals surface area contributed by atoms with E-state index in [1.807, 2.05) is 37.3 Å². The van der Waals surface area contributed by atoms with Crippen molar-refractivity contribution in [1.82, 2.24) is 15.1 Å². The van der Waals surface area contributed by atoms with Crippen molar-refractivity contribution in [3.05, 3.63) is 71.5 Å². The van der Waals surface area contributed by atoms with Gasteiger partial charge in [0.25, 0.3) is 5.91 Å². The van der Waals surface area contributed by atoms with Crippen molar-refractivity contribution in [2.24, 2.45) is 0 Å². The summed E-state index contributed by atoms with van der Waals surface area (Å²) in [5, 5.41) is 7.31. The van der Waals surface area contributed by atoms with Gasteiger partial charge in [-0.15, -0.1) is 0 Å². The van der Waals surface area contributed by atoms with Gasteiger partial charge >= 0.3 is 5.97 Å². The van der Waals surface area contributed by atoms with Gasteiger partial charge in [0.05, 0.1) is 39.5 Å². The van der Waals surface area contributed by atoms with Gasteiger partial charge in [0.1, 0.15) is 0 Å². The monoisotopic (exact) mass is 423 g/mol. The van der Waals surface area contributed by atoms with Crippen LogP contribution in [0.1, 0.15) is 34.2 Å². The van der Waals surface area contributed by atoms with E-state index in [0.717, 1.165) is 11.4 Å². The average molecular weight is 423 g/mol. The number of nitrogens with zero attached hydrogens (tertiary/aromatic N) is 2. The van der Waals surface area contributed by atoms with Gasteiger partial charge in [-0.2, -0.15) is 5.10 Å². The molecule has 3 aromatic rings. The Morgan fingerprint density at radius 2 is 1.71 bits per heavy atom. The van der Waals surface area contributed by atoms with Gasteiger partial charge < -0.3 is 19.5 Å². The number of esters is 1. The van der Waals surface area contributed by atoms with Crippen LogP contribution in [0.5, 0.6) is 11.5 Å². The first-order valence-electron chi connectivity index (χ1n) is 9.68. The summed E-state index contributed by atoms with van der Waals surface area (Å²) in [7, 11) is 4.37. The van der Waals surface area contributed by atoms with E-state index in [-0.39, 0.29) is 12.1 Å². The molecule has 1 aromatic heterocycles.